The standard InChI is InChI=1S/C28H36N6O2/c1-10-21(4)11-12-22(5)36-19-27-26(17-30-33(27)8)28(35-9)31-23(6)25-15-13-24(14-16-25)18-34(20(2)3)32-29-7/h10-17H,1-2,6,18-19H2,3-5,7-9H3/b21-11-,22-12+,31-28?,32-29?. The van der Waals surface area contributed by atoms with Gasteiger partial charge in [0.25, 0.3) is 0 Å². The first kappa shape index (κ1) is 28.0. The highest BCUT2D eigenvalue weighted by Crippen LogP contribution is 2.20. The van der Waals surface area contributed by atoms with E-state index in [1.807, 2.05) is 64.2 Å². The molecule has 0 unspecified atom stereocenters. The van der Waals surface area contributed by atoms with Crippen LogP contribution in [0.2, 0.25) is 0 Å². The Morgan fingerprint density at radius 2 is 1.83 bits per heavy atom. The van der Waals surface area contributed by atoms with Gasteiger partial charge in [0.2, 0.25) is 5.90 Å². The summed E-state index contributed by atoms with van der Waals surface area (Å²) in [5.41, 5.74) is 5.95. The molecule has 2 aromatic rings. The highest BCUT2D eigenvalue weighted by molar-refractivity contribution is 5.98. The van der Waals surface area contributed by atoms with E-state index in [0.29, 0.717) is 24.7 Å². The zero-order valence-electron chi connectivity index (χ0n) is 22.2. The van der Waals surface area contributed by atoms with Crippen molar-refractivity contribution in [1.82, 2.24) is 14.8 Å². The van der Waals surface area contributed by atoms with Crippen LogP contribution in [0, 0.1) is 0 Å². The second-order valence-electron chi connectivity index (χ2n) is 8.16. The lowest BCUT2D eigenvalue weighted by Gasteiger charge is -2.17. The molecule has 190 valence electrons. The zero-order valence-corrected chi connectivity index (χ0v) is 22.2. The zero-order chi connectivity index (χ0) is 26.7. The minimum Gasteiger partial charge on any atom is -0.492 e. The molecule has 0 aliphatic rings. The molecule has 0 bridgehead atoms. The van der Waals surface area contributed by atoms with E-state index in [1.54, 1.807) is 36.1 Å². The van der Waals surface area contributed by atoms with E-state index in [-0.39, 0.29) is 0 Å². The maximum atomic E-state index is 5.93. The number of aryl methyl sites for hydroxylation is 1. The third-order valence-electron chi connectivity index (χ3n) is 5.32. The molecular formula is C28H36N6O2. The van der Waals surface area contributed by atoms with Gasteiger partial charge >= 0.3 is 0 Å². The van der Waals surface area contributed by atoms with Crippen molar-refractivity contribution in [3.8, 4) is 0 Å². The molecule has 0 aliphatic heterocycles. The molecule has 8 heteroatoms. The molecule has 0 saturated carbocycles. The molecule has 8 nitrogen and oxygen atoms in total. The van der Waals surface area contributed by atoms with Crippen molar-refractivity contribution in [2.24, 2.45) is 22.4 Å². The fourth-order valence-electron chi connectivity index (χ4n) is 3.09. The smallest absolute Gasteiger partial charge is 0.224 e. The van der Waals surface area contributed by atoms with Crippen LogP contribution in [0.1, 0.15) is 43.2 Å². The van der Waals surface area contributed by atoms with Gasteiger partial charge in [-0.05, 0) is 38.0 Å². The highest BCUT2D eigenvalue weighted by atomic mass is 16.5. The normalized spacial score (nSPS) is 12.6. The van der Waals surface area contributed by atoms with E-state index in [4.69, 9.17) is 9.47 Å². The molecule has 0 N–H and O–H groups in total. The first-order valence-corrected chi connectivity index (χ1v) is 11.5. The summed E-state index contributed by atoms with van der Waals surface area (Å²) < 4.78 is 13.3. The van der Waals surface area contributed by atoms with E-state index in [2.05, 4.69) is 40.2 Å². The summed E-state index contributed by atoms with van der Waals surface area (Å²) in [6.07, 6.45) is 7.37. The van der Waals surface area contributed by atoms with Crippen LogP contribution in [-0.2, 0) is 29.7 Å². The number of aromatic nitrogens is 2. The molecule has 0 aliphatic carbocycles. The third kappa shape index (κ3) is 7.94. The number of methoxy groups -OCH3 is 1. The third-order valence-corrected chi connectivity index (χ3v) is 5.32. The van der Waals surface area contributed by atoms with Gasteiger partial charge in [0.15, 0.2) is 0 Å². The summed E-state index contributed by atoms with van der Waals surface area (Å²) >= 11 is 0. The maximum Gasteiger partial charge on any atom is 0.224 e. The summed E-state index contributed by atoms with van der Waals surface area (Å²) in [6, 6.07) is 7.94. The van der Waals surface area contributed by atoms with Gasteiger partial charge in [-0.15, -0.1) is 0 Å². The lowest BCUT2D eigenvalue weighted by Crippen LogP contribution is -2.13. The summed E-state index contributed by atoms with van der Waals surface area (Å²) in [5, 5.41) is 14.0. The minimum absolute atomic E-state index is 0.313. The Labute approximate surface area is 214 Å². The number of benzene rings is 1. The molecule has 1 aromatic heterocycles. The molecular weight excluding hydrogens is 452 g/mol. The fraction of sp³-hybridized carbons (Fsp3) is 0.286. The molecule has 0 atom stereocenters. The van der Waals surface area contributed by atoms with Crippen molar-refractivity contribution in [2.45, 2.75) is 33.9 Å². The Hall–Kier alpha value is -4.20. The Kier molecular flexibility index (Phi) is 10.6. The number of allylic oxidation sites excluding steroid dienone is 6. The Balaban J connectivity index is 2.20. The SMILES string of the molecule is C=C/C(C)=C\C=C(/C)OCc1c(C(=NC(=C)c2ccc(CN(N=NC)C(=C)C)cc2)OC)cnn1C. The monoisotopic (exact) mass is 488 g/mol. The molecule has 1 aromatic carbocycles. The number of hydrogen-bond acceptors (Lipinski definition) is 6. The van der Waals surface area contributed by atoms with Gasteiger partial charge in [-0.3, -0.25) is 4.68 Å². The lowest BCUT2D eigenvalue weighted by atomic mass is 10.1. The molecule has 0 spiro atoms. The fourth-order valence-corrected chi connectivity index (χ4v) is 3.09. The van der Waals surface area contributed by atoms with Crippen molar-refractivity contribution in [2.75, 3.05) is 14.2 Å². The number of ether oxygens (including phenoxy) is 2. The Bertz CT molecular complexity index is 1200. The predicted octanol–water partition coefficient (Wildman–Crippen LogP) is 6.37. The van der Waals surface area contributed by atoms with Crippen LogP contribution >= 0.6 is 0 Å². The van der Waals surface area contributed by atoms with Gasteiger partial charge < -0.3 is 9.47 Å². The van der Waals surface area contributed by atoms with Crippen LogP contribution in [0.4, 0.5) is 0 Å². The van der Waals surface area contributed by atoms with Crippen LogP contribution in [0.3, 0.4) is 0 Å². The number of rotatable bonds is 12. The van der Waals surface area contributed by atoms with Gasteiger partial charge in [-0.1, -0.05) is 67.0 Å². The minimum atomic E-state index is 0.313. The van der Waals surface area contributed by atoms with Gasteiger partial charge in [-0.2, -0.15) is 10.2 Å². The summed E-state index contributed by atoms with van der Waals surface area (Å²) in [4.78, 5) is 4.65. The molecule has 0 radical (unpaired) electrons. The lowest BCUT2D eigenvalue weighted by molar-refractivity contribution is 0.193. The van der Waals surface area contributed by atoms with E-state index in [9.17, 15) is 0 Å². The Morgan fingerprint density at radius 1 is 1.14 bits per heavy atom. The van der Waals surface area contributed by atoms with Crippen molar-refractivity contribution in [3.63, 3.8) is 0 Å². The van der Waals surface area contributed by atoms with Crippen molar-refractivity contribution >= 4 is 11.6 Å². The summed E-state index contributed by atoms with van der Waals surface area (Å²) in [6.45, 7) is 18.5. The van der Waals surface area contributed by atoms with Crippen molar-refractivity contribution in [3.05, 3.63) is 108 Å². The number of hydrogen-bond donors (Lipinski definition) is 0. The number of aliphatic imine (C=N–C) groups is 1. The topological polar surface area (TPSA) is 76.6 Å². The average Bonchev–Trinajstić information content (AvgIpc) is 3.24. The quantitative estimate of drug-likeness (QED) is 0.0869. The van der Waals surface area contributed by atoms with Gasteiger partial charge in [-0.25, -0.2) is 10.0 Å². The van der Waals surface area contributed by atoms with E-state index in [1.165, 1.54) is 0 Å². The highest BCUT2D eigenvalue weighted by Gasteiger charge is 2.16. The molecule has 36 heavy (non-hydrogen) atoms. The second kappa shape index (κ2) is 13.6. The average molecular weight is 489 g/mol. The van der Waals surface area contributed by atoms with Crippen molar-refractivity contribution < 1.29 is 9.47 Å². The van der Waals surface area contributed by atoms with Crippen LogP contribution in [0.25, 0.3) is 5.70 Å². The van der Waals surface area contributed by atoms with E-state index < -0.39 is 0 Å². The molecule has 1 heterocycles. The molecule has 0 amide bonds. The van der Waals surface area contributed by atoms with Crippen LogP contribution < -0.4 is 0 Å². The molecule has 2 rings (SSSR count). The van der Waals surface area contributed by atoms with Crippen LogP contribution in [0.5, 0.6) is 0 Å². The van der Waals surface area contributed by atoms with E-state index >= 15 is 0 Å². The molecule has 0 fully saturated rings. The van der Waals surface area contributed by atoms with Crippen LogP contribution in [0.15, 0.2) is 101 Å². The first-order valence-electron chi connectivity index (χ1n) is 11.5. The Morgan fingerprint density at radius 3 is 2.42 bits per heavy atom. The summed E-state index contributed by atoms with van der Waals surface area (Å²) in [5.74, 6) is 1.19. The van der Waals surface area contributed by atoms with Gasteiger partial charge in [0, 0.05) is 12.7 Å². The van der Waals surface area contributed by atoms with Gasteiger partial charge in [0.1, 0.15) is 6.61 Å². The second-order valence-corrected chi connectivity index (χ2v) is 8.16. The van der Waals surface area contributed by atoms with Crippen LogP contribution in [-0.4, -0.2) is 34.8 Å². The predicted molar refractivity (Wildman–Crippen MR) is 146 cm³/mol. The summed E-state index contributed by atoms with van der Waals surface area (Å²) in [7, 11) is 5.07. The molecule has 0 saturated heterocycles. The van der Waals surface area contributed by atoms with E-state index in [0.717, 1.165) is 39.4 Å². The van der Waals surface area contributed by atoms with Crippen molar-refractivity contribution in [1.29, 1.82) is 0 Å². The first-order chi connectivity index (χ1) is 17.2. The van der Waals surface area contributed by atoms with Gasteiger partial charge in [0.05, 0.1) is 49.6 Å². The number of nitrogens with zero attached hydrogens (tertiary/aromatic N) is 6. The largest absolute Gasteiger partial charge is 0.492 e. The maximum absolute atomic E-state index is 5.93.